The molecular weight excluding hydrogens is 454 g/mol. The summed E-state index contributed by atoms with van der Waals surface area (Å²) in [6, 6.07) is 17.4. The Labute approximate surface area is 201 Å². The highest BCUT2D eigenvalue weighted by Crippen LogP contribution is 2.23. The number of aromatic nitrogens is 3. The lowest BCUT2D eigenvalue weighted by atomic mass is 10.1. The predicted octanol–water partition coefficient (Wildman–Crippen LogP) is 4.59. The fourth-order valence-corrected chi connectivity index (χ4v) is 4.30. The predicted molar refractivity (Wildman–Crippen MR) is 131 cm³/mol. The van der Waals surface area contributed by atoms with E-state index in [1.165, 1.54) is 6.07 Å². The van der Waals surface area contributed by atoms with Crippen LogP contribution in [-0.4, -0.2) is 32.3 Å². The van der Waals surface area contributed by atoms with E-state index in [-0.39, 0.29) is 16.9 Å². The van der Waals surface area contributed by atoms with Gasteiger partial charge in [0, 0.05) is 29.0 Å². The molecule has 2 heterocycles. The maximum atomic E-state index is 13.5. The topological polar surface area (TPSA) is 75.2 Å². The van der Waals surface area contributed by atoms with Crippen LogP contribution >= 0.6 is 11.6 Å². The number of hydrogen-bond acceptors (Lipinski definition) is 4. The number of nitrogens with zero attached hydrogens (tertiary/aromatic N) is 3. The molecule has 0 saturated carbocycles. The molecule has 7 nitrogen and oxygen atoms in total. The summed E-state index contributed by atoms with van der Waals surface area (Å²) in [5.74, 6) is -0.985. The molecule has 4 aromatic rings. The van der Waals surface area contributed by atoms with Gasteiger partial charge in [0.1, 0.15) is 5.69 Å². The zero-order valence-corrected chi connectivity index (χ0v) is 20.1. The molecule has 0 fully saturated rings. The molecule has 34 heavy (non-hydrogen) atoms. The third-order valence-electron chi connectivity index (χ3n) is 5.87. The highest BCUT2D eigenvalue weighted by Gasteiger charge is 2.24. The Morgan fingerprint density at radius 1 is 0.941 bits per heavy atom. The van der Waals surface area contributed by atoms with E-state index in [4.69, 9.17) is 16.3 Å². The number of Topliss-reactive ketones (excluding diaryl/α,β-unsaturated/α-hetero) is 1. The first-order valence-corrected chi connectivity index (χ1v) is 11.1. The zero-order valence-electron chi connectivity index (χ0n) is 19.3. The highest BCUT2D eigenvalue weighted by atomic mass is 35.5. The molecule has 174 valence electrons. The van der Waals surface area contributed by atoms with E-state index in [2.05, 4.69) is 0 Å². The Kier molecular flexibility index (Phi) is 6.30. The number of aryl methyl sites for hydroxylation is 1. The van der Waals surface area contributed by atoms with Gasteiger partial charge in [0.05, 0.1) is 16.9 Å². The van der Waals surface area contributed by atoms with Crippen LogP contribution in [0, 0.1) is 20.8 Å². The number of benzene rings is 2. The monoisotopic (exact) mass is 477 g/mol. The van der Waals surface area contributed by atoms with Gasteiger partial charge >= 0.3 is 5.97 Å². The minimum absolute atomic E-state index is 0.195. The third-order valence-corrected chi connectivity index (χ3v) is 6.11. The van der Waals surface area contributed by atoms with Crippen LogP contribution < -0.4 is 5.56 Å². The second-order valence-corrected chi connectivity index (χ2v) is 8.48. The molecule has 0 amide bonds. The van der Waals surface area contributed by atoms with Crippen molar-refractivity contribution < 1.29 is 14.3 Å². The fraction of sp³-hybridized carbons (Fsp3) is 0.192. The summed E-state index contributed by atoms with van der Waals surface area (Å²) in [6.07, 6.45) is 0. The lowest BCUT2D eigenvalue weighted by molar-refractivity contribution is 0.0474. The summed E-state index contributed by atoms with van der Waals surface area (Å²) in [5.41, 5.74) is 3.77. The fourth-order valence-electron chi connectivity index (χ4n) is 4.11. The normalized spacial score (nSPS) is 11.0. The Morgan fingerprint density at radius 3 is 2.32 bits per heavy atom. The molecular formula is C26H24ClN3O4. The molecule has 0 spiro atoms. The molecule has 0 bridgehead atoms. The van der Waals surface area contributed by atoms with Crippen molar-refractivity contribution in [2.24, 2.45) is 7.05 Å². The second-order valence-electron chi connectivity index (χ2n) is 8.04. The average Bonchev–Trinajstić information content (AvgIpc) is 3.23. The molecule has 0 atom stereocenters. The summed E-state index contributed by atoms with van der Waals surface area (Å²) in [5, 5.41) is 0.406. The smallest absolute Gasteiger partial charge is 0.338 e. The Bertz CT molecular complexity index is 1460. The first-order valence-electron chi connectivity index (χ1n) is 10.7. The van der Waals surface area contributed by atoms with E-state index in [0.29, 0.717) is 22.0 Å². The number of carbonyl (C=O) groups is 2. The van der Waals surface area contributed by atoms with Crippen LogP contribution in [0.25, 0.3) is 11.4 Å². The zero-order chi connectivity index (χ0) is 24.6. The van der Waals surface area contributed by atoms with Gasteiger partial charge < -0.3 is 9.30 Å². The van der Waals surface area contributed by atoms with Crippen LogP contribution in [0.1, 0.15) is 37.8 Å². The molecule has 0 radical (unpaired) electrons. The molecule has 0 aliphatic carbocycles. The van der Waals surface area contributed by atoms with E-state index < -0.39 is 12.6 Å². The van der Waals surface area contributed by atoms with Crippen LogP contribution in [0.15, 0.2) is 65.5 Å². The summed E-state index contributed by atoms with van der Waals surface area (Å²) in [6.45, 7) is 5.05. The standard InChI is InChI=1S/C26H24ClN3O4/c1-16-13-22(23(31)15-34-26(33)19-9-8-10-20(27)14-19)17(2)29(16)24-18(3)28(4)30(25(24)32)21-11-6-5-7-12-21/h5-14H,15H2,1-4H3. The van der Waals surface area contributed by atoms with Crippen molar-refractivity contribution in [3.63, 3.8) is 0 Å². The minimum Gasteiger partial charge on any atom is -0.454 e. The number of halogens is 1. The Hall–Kier alpha value is -3.84. The van der Waals surface area contributed by atoms with Crippen molar-refractivity contribution in [1.29, 1.82) is 0 Å². The molecule has 0 saturated heterocycles. The number of rotatable bonds is 6. The number of ether oxygens (including phenoxy) is 1. The molecule has 0 unspecified atom stereocenters. The molecule has 2 aromatic heterocycles. The summed E-state index contributed by atoms with van der Waals surface area (Å²) < 4.78 is 10.4. The van der Waals surface area contributed by atoms with Gasteiger partial charge in [-0.25, -0.2) is 9.48 Å². The van der Waals surface area contributed by atoms with E-state index >= 15 is 0 Å². The van der Waals surface area contributed by atoms with Crippen LogP contribution in [0.3, 0.4) is 0 Å². The first kappa shape index (κ1) is 23.3. The van der Waals surface area contributed by atoms with Crippen molar-refractivity contribution in [3.8, 4) is 11.4 Å². The number of esters is 1. The molecule has 8 heteroatoms. The van der Waals surface area contributed by atoms with Gasteiger partial charge in [-0.3, -0.25) is 14.3 Å². The average molecular weight is 478 g/mol. The number of ketones is 1. The molecule has 0 N–H and O–H groups in total. The van der Waals surface area contributed by atoms with Crippen molar-refractivity contribution in [1.82, 2.24) is 13.9 Å². The number of hydrogen-bond donors (Lipinski definition) is 0. The number of para-hydroxylation sites is 1. The number of carbonyl (C=O) groups excluding carboxylic acids is 2. The second kappa shape index (κ2) is 9.19. The van der Waals surface area contributed by atoms with E-state index in [9.17, 15) is 14.4 Å². The highest BCUT2D eigenvalue weighted by molar-refractivity contribution is 6.30. The molecule has 2 aromatic carbocycles. The van der Waals surface area contributed by atoms with Crippen molar-refractivity contribution in [3.05, 3.63) is 104 Å². The Morgan fingerprint density at radius 2 is 1.65 bits per heavy atom. The molecule has 0 aliphatic rings. The van der Waals surface area contributed by atoms with Crippen molar-refractivity contribution in [2.75, 3.05) is 6.61 Å². The largest absolute Gasteiger partial charge is 0.454 e. The molecule has 4 rings (SSSR count). The molecule has 0 aliphatic heterocycles. The van der Waals surface area contributed by atoms with Gasteiger partial charge in [0.2, 0.25) is 5.78 Å². The van der Waals surface area contributed by atoms with Crippen LogP contribution in [0.5, 0.6) is 0 Å². The van der Waals surface area contributed by atoms with E-state index in [0.717, 1.165) is 17.1 Å². The lowest BCUT2D eigenvalue weighted by Crippen LogP contribution is -2.22. The quantitative estimate of drug-likeness (QED) is 0.301. The maximum Gasteiger partial charge on any atom is 0.338 e. The Balaban J connectivity index is 1.65. The first-order chi connectivity index (χ1) is 16.2. The van der Waals surface area contributed by atoms with Gasteiger partial charge in [0.15, 0.2) is 6.61 Å². The van der Waals surface area contributed by atoms with Gasteiger partial charge in [-0.1, -0.05) is 35.9 Å². The SMILES string of the molecule is Cc1cc(C(=O)COC(=O)c2cccc(Cl)c2)c(C)n1-c1c(C)n(C)n(-c2ccccc2)c1=O. The van der Waals surface area contributed by atoms with E-state index in [1.807, 2.05) is 51.2 Å². The van der Waals surface area contributed by atoms with Gasteiger partial charge in [-0.2, -0.15) is 0 Å². The van der Waals surface area contributed by atoms with Crippen molar-refractivity contribution in [2.45, 2.75) is 20.8 Å². The van der Waals surface area contributed by atoms with Crippen LogP contribution in [0.4, 0.5) is 0 Å². The van der Waals surface area contributed by atoms with E-state index in [1.54, 1.807) is 45.1 Å². The third kappa shape index (κ3) is 4.10. The van der Waals surface area contributed by atoms with Crippen molar-refractivity contribution >= 4 is 23.4 Å². The minimum atomic E-state index is -0.630. The van der Waals surface area contributed by atoms with Gasteiger partial charge in [-0.15, -0.1) is 0 Å². The van der Waals surface area contributed by atoms with Gasteiger partial charge in [-0.05, 0) is 57.2 Å². The summed E-state index contributed by atoms with van der Waals surface area (Å²) in [7, 11) is 1.82. The van der Waals surface area contributed by atoms with Crippen LogP contribution in [0.2, 0.25) is 5.02 Å². The van der Waals surface area contributed by atoms with Gasteiger partial charge in [0.25, 0.3) is 5.56 Å². The maximum absolute atomic E-state index is 13.5. The summed E-state index contributed by atoms with van der Waals surface area (Å²) in [4.78, 5) is 38.7. The lowest BCUT2D eigenvalue weighted by Gasteiger charge is -2.09. The summed E-state index contributed by atoms with van der Waals surface area (Å²) >= 11 is 5.92. The van der Waals surface area contributed by atoms with Crippen LogP contribution in [-0.2, 0) is 11.8 Å².